The Morgan fingerprint density at radius 3 is 2.24 bits per heavy atom. The summed E-state index contributed by atoms with van der Waals surface area (Å²) in [5.41, 5.74) is 0.0950. The molecule has 0 saturated carbocycles. The minimum absolute atomic E-state index is 0.0558. The van der Waals surface area contributed by atoms with Gasteiger partial charge in [0.1, 0.15) is 0 Å². The lowest BCUT2D eigenvalue weighted by Crippen LogP contribution is -2.49. The molecule has 2 N–H and O–H groups in total. The first kappa shape index (κ1) is 17.5. The zero-order valence-electron chi connectivity index (χ0n) is 13.2. The second kappa shape index (κ2) is 6.48. The molecule has 0 aliphatic rings. The summed E-state index contributed by atoms with van der Waals surface area (Å²) in [6.45, 7) is 10.1. The van der Waals surface area contributed by atoms with Gasteiger partial charge in [0.2, 0.25) is 0 Å². The van der Waals surface area contributed by atoms with Crippen LogP contribution >= 0.6 is 11.6 Å². The van der Waals surface area contributed by atoms with Crippen molar-refractivity contribution in [2.45, 2.75) is 46.6 Å². The molecule has 4 nitrogen and oxygen atoms in total. The molecule has 1 aromatic carbocycles. The number of anilines is 1. The summed E-state index contributed by atoms with van der Waals surface area (Å²) in [7, 11) is 0. The van der Waals surface area contributed by atoms with Gasteiger partial charge in [-0.25, -0.2) is 0 Å². The smallest absolute Gasteiger partial charge is 0.313 e. The van der Waals surface area contributed by atoms with E-state index < -0.39 is 17.4 Å². The third kappa shape index (κ3) is 6.63. The predicted octanol–water partition coefficient (Wildman–Crippen LogP) is 3.61. The Hall–Kier alpha value is -1.55. The fourth-order valence-electron chi connectivity index (χ4n) is 2.49. The van der Waals surface area contributed by atoms with Gasteiger partial charge in [-0.15, -0.1) is 0 Å². The summed E-state index contributed by atoms with van der Waals surface area (Å²) in [4.78, 5) is 23.9. The Balaban J connectivity index is 2.65. The molecule has 2 amide bonds. The molecule has 0 heterocycles. The number of halogens is 1. The van der Waals surface area contributed by atoms with Gasteiger partial charge in [0.15, 0.2) is 0 Å². The van der Waals surface area contributed by atoms with Crippen molar-refractivity contribution in [1.29, 1.82) is 0 Å². The maximum absolute atomic E-state index is 12.0. The van der Waals surface area contributed by atoms with Crippen LogP contribution in [0.3, 0.4) is 0 Å². The zero-order chi connectivity index (χ0) is 16.3. The number of rotatable bonds is 3. The summed E-state index contributed by atoms with van der Waals surface area (Å²) < 4.78 is 0. The molecule has 0 unspecified atom stereocenters. The highest BCUT2D eigenvalue weighted by molar-refractivity contribution is 6.40. The highest BCUT2D eigenvalue weighted by atomic mass is 35.5. The minimum Gasteiger partial charge on any atom is -0.343 e. The lowest BCUT2D eigenvalue weighted by Gasteiger charge is -2.33. The summed E-state index contributed by atoms with van der Waals surface area (Å²) in [6, 6.07) is 6.67. The first-order valence-electron chi connectivity index (χ1n) is 6.88. The van der Waals surface area contributed by atoms with E-state index in [1.54, 1.807) is 24.3 Å². The monoisotopic (exact) mass is 310 g/mol. The van der Waals surface area contributed by atoms with Gasteiger partial charge in [-0.3, -0.25) is 9.59 Å². The number of hydrogen-bond acceptors (Lipinski definition) is 2. The van der Waals surface area contributed by atoms with Crippen molar-refractivity contribution in [1.82, 2.24) is 5.32 Å². The number of amides is 2. The second-order valence-electron chi connectivity index (χ2n) is 7.04. The third-order valence-electron chi connectivity index (χ3n) is 2.71. The maximum atomic E-state index is 12.0. The van der Waals surface area contributed by atoms with Crippen LogP contribution in [0, 0.1) is 5.41 Å². The Kier molecular flexibility index (Phi) is 5.40. The van der Waals surface area contributed by atoms with E-state index in [2.05, 4.69) is 31.4 Å². The van der Waals surface area contributed by atoms with E-state index in [-0.39, 0.29) is 5.41 Å². The third-order valence-corrected chi connectivity index (χ3v) is 2.95. The summed E-state index contributed by atoms with van der Waals surface area (Å²) in [5, 5.41) is 5.80. The normalized spacial score (nSPS) is 11.9. The molecule has 0 radical (unpaired) electrons. The van der Waals surface area contributed by atoms with Gasteiger partial charge < -0.3 is 10.6 Å². The van der Waals surface area contributed by atoms with Gasteiger partial charge in [0.05, 0.1) is 0 Å². The number of nitrogens with one attached hydrogen (secondary N) is 2. The molecule has 0 saturated heterocycles. The van der Waals surface area contributed by atoms with Gasteiger partial charge in [0.25, 0.3) is 0 Å². The van der Waals surface area contributed by atoms with Gasteiger partial charge >= 0.3 is 11.8 Å². The Labute approximate surface area is 131 Å². The van der Waals surface area contributed by atoms with E-state index in [4.69, 9.17) is 11.6 Å². The molecular formula is C16H23ClN2O2. The molecule has 0 aliphatic heterocycles. The van der Waals surface area contributed by atoms with Crippen molar-refractivity contribution in [2.24, 2.45) is 5.41 Å². The van der Waals surface area contributed by atoms with E-state index in [9.17, 15) is 9.59 Å². The summed E-state index contributed by atoms with van der Waals surface area (Å²) >= 11 is 5.84. The quantitative estimate of drug-likeness (QED) is 0.838. The summed E-state index contributed by atoms with van der Waals surface area (Å²) in [5.74, 6) is -1.34. The SMILES string of the molecule is CC(C)(C)CC(C)(C)NC(=O)C(=O)Nc1cccc(Cl)c1. The van der Waals surface area contributed by atoms with Crippen molar-refractivity contribution in [3.8, 4) is 0 Å². The first-order chi connectivity index (χ1) is 9.48. The van der Waals surface area contributed by atoms with Crippen molar-refractivity contribution in [3.63, 3.8) is 0 Å². The van der Waals surface area contributed by atoms with E-state index in [0.717, 1.165) is 6.42 Å². The molecule has 0 atom stereocenters. The van der Waals surface area contributed by atoms with Crippen LogP contribution in [0.5, 0.6) is 0 Å². The molecule has 0 fully saturated rings. The van der Waals surface area contributed by atoms with E-state index in [1.807, 2.05) is 13.8 Å². The van der Waals surface area contributed by atoms with Crippen LogP contribution in [0.1, 0.15) is 41.0 Å². The van der Waals surface area contributed by atoms with Crippen LogP contribution in [0.15, 0.2) is 24.3 Å². The Morgan fingerprint density at radius 2 is 1.71 bits per heavy atom. The number of carbonyl (C=O) groups is 2. The molecule has 1 aromatic rings. The van der Waals surface area contributed by atoms with Crippen LogP contribution in [0.4, 0.5) is 5.69 Å². The average molecular weight is 311 g/mol. The molecule has 5 heteroatoms. The van der Waals surface area contributed by atoms with Crippen LogP contribution in [0.2, 0.25) is 5.02 Å². The van der Waals surface area contributed by atoms with Gasteiger partial charge in [0, 0.05) is 16.2 Å². The largest absolute Gasteiger partial charge is 0.343 e. The van der Waals surface area contributed by atoms with Crippen molar-refractivity contribution in [3.05, 3.63) is 29.3 Å². The molecule has 21 heavy (non-hydrogen) atoms. The Bertz CT molecular complexity index is 533. The second-order valence-corrected chi connectivity index (χ2v) is 7.48. The fourth-order valence-corrected chi connectivity index (χ4v) is 2.68. The molecule has 116 valence electrons. The van der Waals surface area contributed by atoms with Crippen LogP contribution in [-0.2, 0) is 9.59 Å². The van der Waals surface area contributed by atoms with E-state index >= 15 is 0 Å². The zero-order valence-corrected chi connectivity index (χ0v) is 14.0. The number of hydrogen-bond donors (Lipinski definition) is 2. The Morgan fingerprint density at radius 1 is 1.10 bits per heavy atom. The standard InChI is InChI=1S/C16H23ClN2O2/c1-15(2,3)10-16(4,5)19-14(21)13(20)18-12-8-6-7-11(17)9-12/h6-9H,10H2,1-5H3,(H,18,20)(H,19,21). The lowest BCUT2D eigenvalue weighted by molar-refractivity contribution is -0.137. The highest BCUT2D eigenvalue weighted by Gasteiger charge is 2.29. The average Bonchev–Trinajstić information content (AvgIpc) is 2.24. The predicted molar refractivity (Wildman–Crippen MR) is 86.4 cm³/mol. The van der Waals surface area contributed by atoms with Gasteiger partial charge in [-0.1, -0.05) is 38.4 Å². The van der Waals surface area contributed by atoms with E-state index in [1.165, 1.54) is 0 Å². The van der Waals surface area contributed by atoms with Crippen molar-refractivity contribution in [2.75, 3.05) is 5.32 Å². The minimum atomic E-state index is -0.695. The number of benzene rings is 1. The topological polar surface area (TPSA) is 58.2 Å². The maximum Gasteiger partial charge on any atom is 0.313 e. The molecule has 0 bridgehead atoms. The van der Waals surface area contributed by atoms with Crippen LogP contribution < -0.4 is 10.6 Å². The first-order valence-corrected chi connectivity index (χ1v) is 7.25. The van der Waals surface area contributed by atoms with Crippen LogP contribution in [-0.4, -0.2) is 17.4 Å². The molecule has 0 aromatic heterocycles. The van der Waals surface area contributed by atoms with E-state index in [0.29, 0.717) is 10.7 Å². The molecule has 0 aliphatic carbocycles. The summed E-state index contributed by atoms with van der Waals surface area (Å²) in [6.07, 6.45) is 0.760. The van der Waals surface area contributed by atoms with Gasteiger partial charge in [-0.05, 0) is 43.9 Å². The highest BCUT2D eigenvalue weighted by Crippen LogP contribution is 2.26. The molecular weight excluding hydrogens is 288 g/mol. The lowest BCUT2D eigenvalue weighted by atomic mass is 9.82. The fraction of sp³-hybridized carbons (Fsp3) is 0.500. The number of carbonyl (C=O) groups excluding carboxylic acids is 2. The van der Waals surface area contributed by atoms with Crippen molar-refractivity contribution >= 4 is 29.1 Å². The van der Waals surface area contributed by atoms with Crippen molar-refractivity contribution < 1.29 is 9.59 Å². The molecule has 1 rings (SSSR count). The molecule has 0 spiro atoms. The van der Waals surface area contributed by atoms with Crippen LogP contribution in [0.25, 0.3) is 0 Å². The van der Waals surface area contributed by atoms with Gasteiger partial charge in [-0.2, -0.15) is 0 Å².